The molecule has 1 unspecified atom stereocenters. The summed E-state index contributed by atoms with van der Waals surface area (Å²) in [5.41, 5.74) is 4.29. The number of benzene rings is 1. The average Bonchev–Trinajstić information content (AvgIpc) is 3.32. The molecule has 31 heavy (non-hydrogen) atoms. The number of hydrogen-bond acceptors (Lipinski definition) is 7. The number of aryl methyl sites for hydroxylation is 2. The zero-order chi connectivity index (χ0) is 21.4. The Morgan fingerprint density at radius 3 is 2.94 bits per heavy atom. The Kier molecular flexibility index (Phi) is 5.54. The molecule has 2 fully saturated rings. The van der Waals surface area contributed by atoms with Crippen LogP contribution in [-0.2, 0) is 27.1 Å². The van der Waals surface area contributed by atoms with Crippen molar-refractivity contribution in [2.75, 3.05) is 49.2 Å². The quantitative estimate of drug-likeness (QED) is 0.784. The summed E-state index contributed by atoms with van der Waals surface area (Å²) in [4.78, 5) is 33.9. The number of ether oxygens (including phenoxy) is 2. The highest BCUT2D eigenvalue weighted by Gasteiger charge is 2.33. The van der Waals surface area contributed by atoms with Crippen LogP contribution in [0.4, 0.5) is 15.6 Å². The number of nitrogens with zero attached hydrogens (tertiary/aromatic N) is 3. The maximum absolute atomic E-state index is 12.4. The molecular formula is C22H26N4O4S. The maximum Gasteiger partial charge on any atom is 0.414 e. The zero-order valence-electron chi connectivity index (χ0n) is 17.6. The molecule has 8 nitrogen and oxygen atoms in total. The van der Waals surface area contributed by atoms with Gasteiger partial charge in [0, 0.05) is 36.1 Å². The largest absolute Gasteiger partial charge is 0.442 e. The number of morpholine rings is 1. The van der Waals surface area contributed by atoms with Crippen LogP contribution in [0, 0.1) is 0 Å². The molecule has 1 aromatic heterocycles. The Hall–Kier alpha value is -2.65. The van der Waals surface area contributed by atoms with E-state index in [0.29, 0.717) is 13.1 Å². The Balaban J connectivity index is 1.39. The van der Waals surface area contributed by atoms with Gasteiger partial charge in [0.1, 0.15) is 6.10 Å². The van der Waals surface area contributed by atoms with Gasteiger partial charge in [-0.25, -0.2) is 9.78 Å². The minimum atomic E-state index is -0.368. The van der Waals surface area contributed by atoms with Crippen molar-refractivity contribution in [2.45, 2.75) is 32.3 Å². The number of thiazole rings is 1. The van der Waals surface area contributed by atoms with Crippen LogP contribution in [0.25, 0.3) is 11.3 Å². The number of carbonyl (C=O) groups is 2. The first-order valence-electron chi connectivity index (χ1n) is 10.8. The van der Waals surface area contributed by atoms with E-state index in [0.717, 1.165) is 67.6 Å². The van der Waals surface area contributed by atoms with Crippen LogP contribution in [0.15, 0.2) is 18.2 Å². The molecule has 0 bridgehead atoms. The number of hydrogen-bond donors (Lipinski definition) is 1. The van der Waals surface area contributed by atoms with Gasteiger partial charge in [-0.15, -0.1) is 11.3 Å². The molecule has 0 saturated carbocycles. The highest BCUT2D eigenvalue weighted by Crippen LogP contribution is 2.40. The third-order valence-electron chi connectivity index (χ3n) is 5.93. The van der Waals surface area contributed by atoms with Crippen molar-refractivity contribution in [1.82, 2.24) is 10.3 Å². The fourth-order valence-corrected chi connectivity index (χ4v) is 5.50. The molecule has 2 aromatic rings. The summed E-state index contributed by atoms with van der Waals surface area (Å²) < 4.78 is 10.9. The van der Waals surface area contributed by atoms with Gasteiger partial charge in [0.2, 0.25) is 5.91 Å². The summed E-state index contributed by atoms with van der Waals surface area (Å²) in [6.45, 7) is 5.48. The van der Waals surface area contributed by atoms with Gasteiger partial charge in [-0.2, -0.15) is 0 Å². The van der Waals surface area contributed by atoms with Crippen molar-refractivity contribution < 1.29 is 19.1 Å². The predicted octanol–water partition coefficient (Wildman–Crippen LogP) is 2.60. The minimum absolute atomic E-state index is 0.130. The molecule has 1 N–H and O–H groups in total. The molecule has 3 aliphatic rings. The van der Waals surface area contributed by atoms with E-state index in [-0.39, 0.29) is 18.1 Å². The fourth-order valence-electron chi connectivity index (χ4n) is 4.33. The van der Waals surface area contributed by atoms with Crippen LogP contribution in [-0.4, -0.2) is 62.5 Å². The van der Waals surface area contributed by atoms with Gasteiger partial charge >= 0.3 is 6.09 Å². The van der Waals surface area contributed by atoms with Crippen LogP contribution in [0.3, 0.4) is 0 Å². The molecule has 0 radical (unpaired) electrons. The van der Waals surface area contributed by atoms with E-state index >= 15 is 0 Å². The van der Waals surface area contributed by atoms with Crippen molar-refractivity contribution >= 4 is 34.2 Å². The summed E-state index contributed by atoms with van der Waals surface area (Å²) in [7, 11) is 0. The maximum atomic E-state index is 12.4. The Bertz CT molecular complexity index is 1000. The van der Waals surface area contributed by atoms with Gasteiger partial charge in [-0.1, -0.05) is 6.07 Å². The van der Waals surface area contributed by atoms with Crippen LogP contribution in [0.1, 0.15) is 23.8 Å². The van der Waals surface area contributed by atoms with E-state index in [1.54, 1.807) is 16.2 Å². The molecule has 5 rings (SSSR count). The fraction of sp³-hybridized carbons (Fsp3) is 0.500. The third kappa shape index (κ3) is 4.12. The standard InChI is InChI=1S/C22H26N4O4S/c1-14(27)23-12-17-13-26(22(28)30-17)16-5-6-18-15(11-16)3-2-4-19-20(18)24-21(31-19)25-7-9-29-10-8-25/h5-6,11,17H,2-4,7-10,12-13H2,1H3,(H,23,27). The molecule has 1 aliphatic carbocycles. The lowest BCUT2D eigenvalue weighted by atomic mass is 10.0. The number of anilines is 2. The van der Waals surface area contributed by atoms with Crippen LogP contribution in [0.2, 0.25) is 0 Å². The lowest BCUT2D eigenvalue weighted by Gasteiger charge is -2.26. The molecular weight excluding hydrogens is 416 g/mol. The molecule has 9 heteroatoms. The topological polar surface area (TPSA) is 84.0 Å². The van der Waals surface area contributed by atoms with Crippen molar-refractivity contribution in [3.63, 3.8) is 0 Å². The molecule has 164 valence electrons. The normalized spacial score (nSPS) is 20.7. The summed E-state index contributed by atoms with van der Waals surface area (Å²) in [6.07, 6.45) is 2.33. The van der Waals surface area contributed by atoms with Crippen molar-refractivity contribution in [2.24, 2.45) is 0 Å². The molecule has 1 aromatic carbocycles. The lowest BCUT2D eigenvalue weighted by molar-refractivity contribution is -0.119. The number of cyclic esters (lactones) is 1. The van der Waals surface area contributed by atoms with Crippen molar-refractivity contribution in [1.29, 1.82) is 0 Å². The second kappa shape index (κ2) is 8.47. The van der Waals surface area contributed by atoms with E-state index in [4.69, 9.17) is 14.5 Å². The van der Waals surface area contributed by atoms with Gasteiger partial charge < -0.3 is 19.7 Å². The van der Waals surface area contributed by atoms with E-state index < -0.39 is 0 Å². The van der Waals surface area contributed by atoms with Crippen LogP contribution in [0.5, 0.6) is 0 Å². The zero-order valence-corrected chi connectivity index (χ0v) is 18.4. The first-order valence-corrected chi connectivity index (χ1v) is 11.6. The number of amides is 2. The summed E-state index contributed by atoms with van der Waals surface area (Å²) in [5.74, 6) is -0.130. The van der Waals surface area contributed by atoms with E-state index in [1.807, 2.05) is 6.07 Å². The van der Waals surface area contributed by atoms with Crippen LogP contribution < -0.4 is 15.1 Å². The molecule has 2 saturated heterocycles. The molecule has 0 spiro atoms. The summed E-state index contributed by atoms with van der Waals surface area (Å²) in [6, 6.07) is 6.16. The second-order valence-corrected chi connectivity index (χ2v) is 9.18. The Labute approximate surface area is 185 Å². The molecule has 2 aliphatic heterocycles. The van der Waals surface area contributed by atoms with Crippen molar-refractivity contribution in [3.8, 4) is 11.3 Å². The van der Waals surface area contributed by atoms with Crippen molar-refractivity contribution in [3.05, 3.63) is 28.6 Å². The van der Waals surface area contributed by atoms with Crippen LogP contribution >= 0.6 is 11.3 Å². The SMILES string of the molecule is CC(=O)NCC1CN(c2ccc3c(c2)CCCc2sc(N4CCOCC4)nc2-3)C(=O)O1. The molecule has 1 atom stereocenters. The van der Waals surface area contributed by atoms with E-state index in [9.17, 15) is 9.59 Å². The number of carbonyl (C=O) groups excluding carboxylic acids is 2. The number of nitrogens with one attached hydrogen (secondary N) is 1. The number of fused-ring (bicyclic) bond motifs is 3. The van der Waals surface area contributed by atoms with Gasteiger partial charge in [0.05, 0.1) is 32.0 Å². The monoisotopic (exact) mass is 442 g/mol. The Morgan fingerprint density at radius 1 is 1.29 bits per heavy atom. The smallest absolute Gasteiger partial charge is 0.414 e. The average molecular weight is 443 g/mol. The highest BCUT2D eigenvalue weighted by molar-refractivity contribution is 7.16. The second-order valence-electron chi connectivity index (χ2n) is 8.12. The number of aromatic nitrogens is 1. The van der Waals surface area contributed by atoms with E-state index in [1.165, 1.54) is 17.4 Å². The summed E-state index contributed by atoms with van der Waals surface area (Å²) in [5, 5.41) is 3.79. The molecule has 3 heterocycles. The highest BCUT2D eigenvalue weighted by atomic mass is 32.1. The summed E-state index contributed by atoms with van der Waals surface area (Å²) >= 11 is 1.80. The predicted molar refractivity (Wildman–Crippen MR) is 119 cm³/mol. The van der Waals surface area contributed by atoms with E-state index in [2.05, 4.69) is 22.3 Å². The lowest BCUT2D eigenvalue weighted by Crippen LogP contribution is -2.36. The van der Waals surface area contributed by atoms with Gasteiger partial charge in [0.15, 0.2) is 5.13 Å². The third-order valence-corrected chi connectivity index (χ3v) is 7.10. The Morgan fingerprint density at radius 2 is 2.13 bits per heavy atom. The minimum Gasteiger partial charge on any atom is -0.442 e. The molecule has 2 amide bonds. The van der Waals surface area contributed by atoms with Gasteiger partial charge in [0.25, 0.3) is 0 Å². The van der Waals surface area contributed by atoms with Gasteiger partial charge in [-0.3, -0.25) is 9.69 Å². The first kappa shape index (κ1) is 20.3. The number of rotatable bonds is 4. The van der Waals surface area contributed by atoms with Gasteiger partial charge in [-0.05, 0) is 37.0 Å². The first-order chi connectivity index (χ1) is 15.1.